The van der Waals surface area contributed by atoms with Gasteiger partial charge in [0.15, 0.2) is 0 Å². The fraction of sp³-hybridized carbons (Fsp3) is 0.0435. The Morgan fingerprint density at radius 3 is 2.17 bits per heavy atom. The van der Waals surface area contributed by atoms with Crippen LogP contribution in [-0.4, -0.2) is 20.0 Å². The molecule has 0 saturated carbocycles. The Morgan fingerprint density at radius 1 is 0.867 bits per heavy atom. The molecule has 3 aromatic rings. The second-order valence-electron chi connectivity index (χ2n) is 6.58. The molecule has 0 fully saturated rings. The van der Waals surface area contributed by atoms with Crippen molar-refractivity contribution >= 4 is 33.5 Å². The van der Waals surface area contributed by atoms with Crippen molar-refractivity contribution in [1.82, 2.24) is 0 Å². The highest BCUT2D eigenvalue weighted by Crippen LogP contribution is 2.29. The normalized spacial score (nSPS) is 15.4. The van der Waals surface area contributed by atoms with E-state index < -0.39 is 10.1 Å². The van der Waals surface area contributed by atoms with Crippen LogP contribution in [0.5, 0.6) is 5.75 Å². The molecule has 0 N–H and O–H groups in total. The lowest BCUT2D eigenvalue weighted by atomic mass is 10.1. The van der Waals surface area contributed by atoms with Crippen LogP contribution in [0.2, 0.25) is 0 Å². The van der Waals surface area contributed by atoms with Crippen LogP contribution in [0, 0.1) is 0 Å². The van der Waals surface area contributed by atoms with E-state index in [9.17, 15) is 13.2 Å². The van der Waals surface area contributed by atoms with E-state index in [1.807, 2.05) is 18.2 Å². The van der Waals surface area contributed by atoms with Gasteiger partial charge in [-0.2, -0.15) is 18.5 Å². The lowest BCUT2D eigenvalue weighted by Crippen LogP contribution is -2.21. The van der Waals surface area contributed by atoms with Crippen LogP contribution in [0.25, 0.3) is 6.08 Å². The Hall–Kier alpha value is -3.71. The van der Waals surface area contributed by atoms with Gasteiger partial charge in [-0.1, -0.05) is 54.6 Å². The molecule has 1 aliphatic rings. The van der Waals surface area contributed by atoms with E-state index in [0.717, 1.165) is 0 Å². The number of anilines is 1. The summed E-state index contributed by atoms with van der Waals surface area (Å²) in [6.45, 7) is 1.73. The third-order valence-corrected chi connectivity index (χ3v) is 5.76. The third kappa shape index (κ3) is 3.88. The number of amides is 1. The molecule has 6 nitrogen and oxygen atoms in total. The van der Waals surface area contributed by atoms with Crippen LogP contribution in [-0.2, 0) is 14.9 Å². The van der Waals surface area contributed by atoms with Crippen LogP contribution < -0.4 is 9.19 Å². The summed E-state index contributed by atoms with van der Waals surface area (Å²) in [5, 5.41) is 5.67. The summed E-state index contributed by atoms with van der Waals surface area (Å²) in [6, 6.07) is 23.7. The number of rotatable bonds is 5. The van der Waals surface area contributed by atoms with E-state index in [-0.39, 0.29) is 16.6 Å². The number of carbonyl (C=O) groups is 1. The molecule has 0 spiro atoms. The van der Waals surface area contributed by atoms with Crippen molar-refractivity contribution < 1.29 is 17.4 Å². The summed E-state index contributed by atoms with van der Waals surface area (Å²) in [6.07, 6.45) is 1.60. The summed E-state index contributed by atoms with van der Waals surface area (Å²) in [5.41, 5.74) is 2.02. The predicted molar refractivity (Wildman–Crippen MR) is 116 cm³/mol. The zero-order valence-corrected chi connectivity index (χ0v) is 16.9. The third-order valence-electron chi connectivity index (χ3n) is 4.51. The second kappa shape index (κ2) is 7.96. The fourth-order valence-electron chi connectivity index (χ4n) is 3.01. The quantitative estimate of drug-likeness (QED) is 0.458. The van der Waals surface area contributed by atoms with Crippen molar-refractivity contribution in [2.75, 3.05) is 5.01 Å². The highest BCUT2D eigenvalue weighted by Gasteiger charge is 2.29. The smallest absolute Gasteiger partial charge is 0.339 e. The predicted octanol–water partition coefficient (Wildman–Crippen LogP) is 4.26. The largest absolute Gasteiger partial charge is 0.378 e. The van der Waals surface area contributed by atoms with Crippen molar-refractivity contribution in [1.29, 1.82) is 0 Å². The fourth-order valence-corrected chi connectivity index (χ4v) is 3.99. The van der Waals surface area contributed by atoms with E-state index in [1.54, 1.807) is 67.6 Å². The Morgan fingerprint density at radius 2 is 1.47 bits per heavy atom. The zero-order chi connectivity index (χ0) is 21.1. The van der Waals surface area contributed by atoms with Crippen molar-refractivity contribution in [2.24, 2.45) is 5.10 Å². The molecule has 0 atom stereocenters. The van der Waals surface area contributed by atoms with Gasteiger partial charge in [0.05, 0.1) is 17.0 Å². The van der Waals surface area contributed by atoms with Gasteiger partial charge in [0.2, 0.25) is 0 Å². The maximum absolute atomic E-state index is 12.9. The number of para-hydroxylation sites is 2. The lowest BCUT2D eigenvalue weighted by molar-refractivity contribution is -0.114. The van der Waals surface area contributed by atoms with Crippen LogP contribution in [0.15, 0.2) is 100 Å². The molecule has 1 amide bonds. The van der Waals surface area contributed by atoms with E-state index in [1.165, 1.54) is 17.1 Å². The molecule has 0 bridgehead atoms. The van der Waals surface area contributed by atoms with E-state index in [4.69, 9.17) is 4.18 Å². The van der Waals surface area contributed by atoms with Gasteiger partial charge in [0.1, 0.15) is 10.6 Å². The first-order chi connectivity index (χ1) is 14.5. The average molecular weight is 418 g/mol. The molecule has 7 heteroatoms. The Balaban J connectivity index is 1.67. The number of hydrogen-bond acceptors (Lipinski definition) is 5. The number of hydrazone groups is 1. The highest BCUT2D eigenvalue weighted by atomic mass is 32.2. The molecule has 0 radical (unpaired) electrons. The Labute approximate surface area is 174 Å². The minimum absolute atomic E-state index is 0.0531. The van der Waals surface area contributed by atoms with Gasteiger partial charge >= 0.3 is 10.1 Å². The molecule has 0 aromatic heterocycles. The monoisotopic (exact) mass is 418 g/mol. The van der Waals surface area contributed by atoms with Gasteiger partial charge in [0, 0.05) is 5.56 Å². The summed E-state index contributed by atoms with van der Waals surface area (Å²) in [5.74, 6) is -0.160. The molecule has 0 aliphatic carbocycles. The number of nitrogens with zero attached hydrogens (tertiary/aromatic N) is 2. The van der Waals surface area contributed by atoms with Crippen molar-refractivity contribution in [3.63, 3.8) is 0 Å². The van der Waals surface area contributed by atoms with Gasteiger partial charge in [-0.3, -0.25) is 4.79 Å². The molecular weight excluding hydrogens is 400 g/mol. The van der Waals surface area contributed by atoms with Crippen LogP contribution in [0.1, 0.15) is 12.5 Å². The van der Waals surface area contributed by atoms with Crippen molar-refractivity contribution in [3.8, 4) is 5.75 Å². The molecule has 150 valence electrons. The van der Waals surface area contributed by atoms with Crippen LogP contribution >= 0.6 is 0 Å². The minimum atomic E-state index is -4.01. The number of hydrogen-bond donors (Lipinski definition) is 0. The maximum atomic E-state index is 12.9. The second-order valence-corrected chi connectivity index (χ2v) is 8.13. The number of benzene rings is 3. The molecule has 0 saturated heterocycles. The molecule has 0 unspecified atom stereocenters. The van der Waals surface area contributed by atoms with Crippen LogP contribution in [0.4, 0.5) is 5.69 Å². The summed E-state index contributed by atoms with van der Waals surface area (Å²) in [4.78, 5) is 13.0. The van der Waals surface area contributed by atoms with Gasteiger partial charge in [-0.05, 0) is 43.3 Å². The molecule has 4 rings (SSSR count). The van der Waals surface area contributed by atoms with Gasteiger partial charge in [-0.15, -0.1) is 0 Å². The van der Waals surface area contributed by atoms with Crippen LogP contribution in [0.3, 0.4) is 0 Å². The molecule has 30 heavy (non-hydrogen) atoms. The molecule has 1 aliphatic heterocycles. The first-order valence-corrected chi connectivity index (χ1v) is 10.6. The first kappa shape index (κ1) is 19.6. The van der Waals surface area contributed by atoms with Crippen molar-refractivity contribution in [2.45, 2.75) is 11.8 Å². The lowest BCUT2D eigenvalue weighted by Gasteiger charge is -2.12. The maximum Gasteiger partial charge on any atom is 0.339 e. The van der Waals surface area contributed by atoms with E-state index >= 15 is 0 Å². The standard InChI is InChI=1S/C23H18N2O4S/c1-17-21(23(26)25(24-17)19-11-4-2-5-12-19)16-18-10-8-9-15-22(18)29-30(27,28)20-13-6-3-7-14-20/h2-16H,1H3/b21-16-. The zero-order valence-electron chi connectivity index (χ0n) is 16.1. The minimum Gasteiger partial charge on any atom is -0.378 e. The Bertz CT molecular complexity index is 1250. The SMILES string of the molecule is CC1=NN(c2ccccc2)C(=O)/C1=C\c1ccccc1OS(=O)(=O)c1ccccc1. The highest BCUT2D eigenvalue weighted by molar-refractivity contribution is 7.87. The number of carbonyl (C=O) groups excluding carboxylic acids is 1. The summed E-state index contributed by atoms with van der Waals surface area (Å²) >= 11 is 0. The first-order valence-electron chi connectivity index (χ1n) is 9.21. The molecule has 3 aromatic carbocycles. The van der Waals surface area contributed by atoms with Gasteiger partial charge in [-0.25, -0.2) is 0 Å². The van der Waals surface area contributed by atoms with Crippen molar-refractivity contribution in [3.05, 3.63) is 96.1 Å². The topological polar surface area (TPSA) is 76.0 Å². The molecule has 1 heterocycles. The molecular formula is C23H18N2O4S. The van der Waals surface area contributed by atoms with E-state index in [2.05, 4.69) is 5.10 Å². The van der Waals surface area contributed by atoms with Gasteiger partial charge in [0.25, 0.3) is 5.91 Å². The van der Waals surface area contributed by atoms with E-state index in [0.29, 0.717) is 22.5 Å². The van der Waals surface area contributed by atoms with Gasteiger partial charge < -0.3 is 4.18 Å². The Kier molecular flexibility index (Phi) is 5.20. The summed E-state index contributed by atoms with van der Waals surface area (Å²) in [7, 11) is -4.01. The summed E-state index contributed by atoms with van der Waals surface area (Å²) < 4.78 is 30.6. The average Bonchev–Trinajstić information content (AvgIpc) is 3.04.